The van der Waals surface area contributed by atoms with Crippen molar-refractivity contribution < 1.29 is 9.63 Å². The van der Waals surface area contributed by atoms with E-state index in [9.17, 15) is 4.79 Å². The normalized spacial score (nSPS) is 11.2. The molecule has 0 bridgehead atoms. The van der Waals surface area contributed by atoms with Crippen LogP contribution in [0.15, 0.2) is 10.7 Å². The summed E-state index contributed by atoms with van der Waals surface area (Å²) in [5.74, 6) is 0. The van der Waals surface area contributed by atoms with Gasteiger partial charge in [-0.25, -0.2) is 0 Å². The number of aldehydes is 1. The average Bonchev–Trinajstić information content (AvgIpc) is 2.59. The van der Waals surface area contributed by atoms with E-state index >= 15 is 0 Å². The molecule has 0 N–H and O–H groups in total. The van der Waals surface area contributed by atoms with Gasteiger partial charge in [-0.3, -0.25) is 4.79 Å². The number of carbonyl (C=O) groups excluding carboxylic acids is 1. The molecule has 6 heteroatoms. The molecule has 5 nitrogen and oxygen atoms in total. The summed E-state index contributed by atoms with van der Waals surface area (Å²) in [6.45, 7) is 2.21. The molecule has 0 atom stereocenters. The molecular weight excluding hydrogens is 178 g/mol. The number of carbonyl (C=O) groups is 1. The summed E-state index contributed by atoms with van der Waals surface area (Å²) in [4.78, 5) is 15.1. The van der Waals surface area contributed by atoms with E-state index in [1.807, 2.05) is 0 Å². The van der Waals surface area contributed by atoms with Crippen LogP contribution in [0, 0.1) is 0 Å². The lowest BCUT2D eigenvalue weighted by Crippen LogP contribution is -2.02. The second-order valence-electron chi connectivity index (χ2n) is 1.76. The average molecular weight is 185 g/mol. The van der Waals surface area contributed by atoms with Crippen LogP contribution in [0.3, 0.4) is 0 Å². The fraction of sp³-hybridized carbons (Fsp3) is 0.333. The summed E-state index contributed by atoms with van der Waals surface area (Å²) in [6, 6.07) is 0. The first kappa shape index (κ1) is 8.79. The molecular formula is C6H7N3O2S. The van der Waals surface area contributed by atoms with Crippen LogP contribution in [0.25, 0.3) is 0 Å². The lowest BCUT2D eigenvalue weighted by Gasteiger charge is -1.92. The van der Waals surface area contributed by atoms with Crippen molar-refractivity contribution in [3.63, 3.8) is 0 Å². The lowest BCUT2D eigenvalue weighted by molar-refractivity contribution is -0.102. The molecule has 0 saturated carbocycles. The smallest absolute Gasteiger partial charge is 0.180 e. The number of hydrogen-bond acceptors (Lipinski definition) is 6. The molecule has 1 heterocycles. The standard InChI is InChI=1S/C6H7N3O2S/c1-2-11-9-5(3-10)6-8-7-4-12-6/h3-4H,2H2,1H3/b9-5+. The van der Waals surface area contributed by atoms with Crippen LogP contribution >= 0.6 is 11.3 Å². The van der Waals surface area contributed by atoms with Crippen LogP contribution in [0.5, 0.6) is 0 Å². The number of oxime groups is 1. The molecule has 0 amide bonds. The van der Waals surface area contributed by atoms with E-state index in [1.165, 1.54) is 16.8 Å². The Balaban J connectivity index is 2.76. The van der Waals surface area contributed by atoms with E-state index in [0.29, 0.717) is 17.9 Å². The van der Waals surface area contributed by atoms with Crippen molar-refractivity contribution in [3.8, 4) is 0 Å². The minimum atomic E-state index is 0.180. The van der Waals surface area contributed by atoms with Crippen LogP contribution < -0.4 is 0 Å². The topological polar surface area (TPSA) is 64.4 Å². The van der Waals surface area contributed by atoms with Gasteiger partial charge in [0.05, 0.1) is 0 Å². The van der Waals surface area contributed by atoms with Crippen LogP contribution in [0.2, 0.25) is 0 Å². The molecule has 0 aliphatic carbocycles. The monoisotopic (exact) mass is 185 g/mol. The molecule has 1 rings (SSSR count). The van der Waals surface area contributed by atoms with E-state index in [4.69, 9.17) is 4.84 Å². The van der Waals surface area contributed by atoms with Gasteiger partial charge in [0.15, 0.2) is 17.0 Å². The highest BCUT2D eigenvalue weighted by atomic mass is 32.1. The van der Waals surface area contributed by atoms with E-state index in [-0.39, 0.29) is 5.71 Å². The highest BCUT2D eigenvalue weighted by Crippen LogP contribution is 2.02. The molecule has 12 heavy (non-hydrogen) atoms. The van der Waals surface area contributed by atoms with Crippen molar-refractivity contribution in [1.29, 1.82) is 0 Å². The Kier molecular flexibility index (Phi) is 3.34. The van der Waals surface area contributed by atoms with Crippen molar-refractivity contribution in [1.82, 2.24) is 10.2 Å². The van der Waals surface area contributed by atoms with Crippen molar-refractivity contribution in [2.75, 3.05) is 6.61 Å². The molecule has 1 aromatic heterocycles. The Morgan fingerprint density at radius 3 is 3.25 bits per heavy atom. The fourth-order valence-electron chi connectivity index (χ4n) is 0.530. The third kappa shape index (κ3) is 2.09. The van der Waals surface area contributed by atoms with Gasteiger partial charge in [0.25, 0.3) is 0 Å². The first-order valence-electron chi connectivity index (χ1n) is 3.30. The van der Waals surface area contributed by atoms with E-state index in [2.05, 4.69) is 15.4 Å². The molecule has 0 unspecified atom stereocenters. The van der Waals surface area contributed by atoms with Gasteiger partial charge in [0.2, 0.25) is 0 Å². The first-order valence-corrected chi connectivity index (χ1v) is 4.18. The highest BCUT2D eigenvalue weighted by molar-refractivity contribution is 7.12. The van der Waals surface area contributed by atoms with Gasteiger partial charge < -0.3 is 4.84 Å². The highest BCUT2D eigenvalue weighted by Gasteiger charge is 2.05. The lowest BCUT2D eigenvalue weighted by atomic mass is 10.4. The second-order valence-corrected chi connectivity index (χ2v) is 2.59. The van der Waals surface area contributed by atoms with Crippen LogP contribution in [0.4, 0.5) is 0 Å². The van der Waals surface area contributed by atoms with Crippen molar-refractivity contribution >= 4 is 23.3 Å². The summed E-state index contributed by atoms with van der Waals surface area (Å²) >= 11 is 1.24. The minimum Gasteiger partial charge on any atom is -0.395 e. The van der Waals surface area contributed by atoms with Gasteiger partial charge in [0, 0.05) is 0 Å². The third-order valence-corrected chi connectivity index (χ3v) is 1.70. The predicted octanol–water partition coefficient (Wildman–Crippen LogP) is 0.478. The number of rotatable bonds is 4. The van der Waals surface area contributed by atoms with Crippen molar-refractivity contribution in [2.45, 2.75) is 6.92 Å². The zero-order valence-electron chi connectivity index (χ0n) is 6.43. The van der Waals surface area contributed by atoms with Crippen molar-refractivity contribution in [2.24, 2.45) is 5.16 Å². The second kappa shape index (κ2) is 4.55. The zero-order chi connectivity index (χ0) is 8.81. The maximum atomic E-state index is 10.4. The Labute approximate surface area is 73.1 Å². The van der Waals surface area contributed by atoms with E-state index < -0.39 is 0 Å². The maximum Gasteiger partial charge on any atom is 0.180 e. The summed E-state index contributed by atoms with van der Waals surface area (Å²) in [7, 11) is 0. The van der Waals surface area contributed by atoms with Gasteiger partial charge in [-0.05, 0) is 6.92 Å². The van der Waals surface area contributed by atoms with Gasteiger partial charge >= 0.3 is 0 Å². The van der Waals surface area contributed by atoms with Gasteiger partial charge in [0.1, 0.15) is 12.1 Å². The molecule has 1 aromatic rings. The quantitative estimate of drug-likeness (QED) is 0.388. The third-order valence-electron chi connectivity index (χ3n) is 0.983. The number of aromatic nitrogens is 2. The molecule has 0 aromatic carbocycles. The molecule has 0 aliphatic rings. The molecule has 64 valence electrons. The molecule has 0 fully saturated rings. The first-order chi connectivity index (χ1) is 5.88. The predicted molar refractivity (Wildman–Crippen MR) is 44.1 cm³/mol. The minimum absolute atomic E-state index is 0.180. The van der Waals surface area contributed by atoms with Gasteiger partial charge in [-0.2, -0.15) is 0 Å². The molecule has 0 saturated heterocycles. The SMILES string of the molecule is CCO/N=C(\C=O)c1nncs1. The number of nitrogens with zero attached hydrogens (tertiary/aromatic N) is 3. The maximum absolute atomic E-state index is 10.4. The van der Waals surface area contributed by atoms with Crippen LogP contribution in [0.1, 0.15) is 11.9 Å². The van der Waals surface area contributed by atoms with Crippen molar-refractivity contribution in [3.05, 3.63) is 10.5 Å². The Hall–Kier alpha value is -1.30. The van der Waals surface area contributed by atoms with Gasteiger partial charge in [-0.1, -0.05) is 16.5 Å². The summed E-state index contributed by atoms with van der Waals surface area (Å²) in [5, 5.41) is 11.3. The van der Waals surface area contributed by atoms with E-state index in [1.54, 1.807) is 6.92 Å². The molecule has 0 radical (unpaired) electrons. The zero-order valence-corrected chi connectivity index (χ0v) is 7.24. The number of hydrogen-bond donors (Lipinski definition) is 0. The van der Waals surface area contributed by atoms with Crippen LogP contribution in [-0.4, -0.2) is 28.8 Å². The molecule has 0 aliphatic heterocycles. The Bertz CT molecular complexity index is 270. The largest absolute Gasteiger partial charge is 0.395 e. The van der Waals surface area contributed by atoms with Gasteiger partial charge in [-0.15, -0.1) is 10.2 Å². The Morgan fingerprint density at radius 2 is 2.75 bits per heavy atom. The summed E-state index contributed by atoms with van der Waals surface area (Å²) in [6.07, 6.45) is 0.593. The summed E-state index contributed by atoms with van der Waals surface area (Å²) in [5.41, 5.74) is 1.71. The van der Waals surface area contributed by atoms with Crippen LogP contribution in [-0.2, 0) is 9.63 Å². The van der Waals surface area contributed by atoms with E-state index in [0.717, 1.165) is 0 Å². The fourth-order valence-corrected chi connectivity index (χ4v) is 1.02. The Morgan fingerprint density at radius 1 is 1.92 bits per heavy atom. The molecule has 0 spiro atoms. The summed E-state index contributed by atoms with van der Waals surface area (Å²) < 4.78 is 0.